The molecule has 3 heteroatoms. The highest BCUT2D eigenvalue weighted by atomic mass is 16.5. The summed E-state index contributed by atoms with van der Waals surface area (Å²) in [5.74, 6) is 0.240. The molecule has 0 aromatic heterocycles. The van der Waals surface area contributed by atoms with Gasteiger partial charge in [-0.3, -0.25) is 0 Å². The highest BCUT2D eigenvalue weighted by Gasteiger charge is 2.27. The van der Waals surface area contributed by atoms with Crippen molar-refractivity contribution in [2.75, 3.05) is 13.2 Å². The summed E-state index contributed by atoms with van der Waals surface area (Å²) in [5, 5.41) is 18.8. The monoisotopic (exact) mass is 180 g/mol. The Morgan fingerprint density at radius 2 is 2.15 bits per heavy atom. The van der Waals surface area contributed by atoms with E-state index in [1.165, 1.54) is 0 Å². The fourth-order valence-electron chi connectivity index (χ4n) is 1.62. The van der Waals surface area contributed by atoms with Crippen molar-refractivity contribution in [3.05, 3.63) is 29.8 Å². The SMILES string of the molecule is Oc1cccc([C@@H]2COC[C@H]2O)c1. The molecule has 0 amide bonds. The second-order valence-electron chi connectivity index (χ2n) is 3.31. The minimum absolute atomic E-state index is 0.00657. The van der Waals surface area contributed by atoms with E-state index in [1.54, 1.807) is 18.2 Å². The van der Waals surface area contributed by atoms with Gasteiger partial charge in [0, 0.05) is 5.92 Å². The van der Waals surface area contributed by atoms with Gasteiger partial charge in [-0.25, -0.2) is 0 Å². The van der Waals surface area contributed by atoms with Crippen LogP contribution in [0.15, 0.2) is 24.3 Å². The van der Waals surface area contributed by atoms with Gasteiger partial charge in [-0.15, -0.1) is 0 Å². The molecule has 3 nitrogen and oxygen atoms in total. The maximum Gasteiger partial charge on any atom is 0.115 e. The van der Waals surface area contributed by atoms with Crippen molar-refractivity contribution >= 4 is 0 Å². The van der Waals surface area contributed by atoms with Gasteiger partial charge in [0.2, 0.25) is 0 Å². The highest BCUT2D eigenvalue weighted by molar-refractivity contribution is 5.30. The third kappa shape index (κ3) is 1.66. The lowest BCUT2D eigenvalue weighted by Crippen LogP contribution is -2.15. The van der Waals surface area contributed by atoms with Crippen molar-refractivity contribution in [2.24, 2.45) is 0 Å². The summed E-state index contributed by atoms with van der Waals surface area (Å²) in [5.41, 5.74) is 0.935. The summed E-state index contributed by atoms with van der Waals surface area (Å²) in [6.07, 6.45) is -0.443. The summed E-state index contributed by atoms with van der Waals surface area (Å²) in [4.78, 5) is 0. The van der Waals surface area contributed by atoms with Crippen molar-refractivity contribution in [2.45, 2.75) is 12.0 Å². The van der Waals surface area contributed by atoms with Crippen LogP contribution < -0.4 is 0 Å². The molecular weight excluding hydrogens is 168 g/mol. The molecule has 0 spiro atoms. The molecule has 2 rings (SSSR count). The van der Waals surface area contributed by atoms with Crippen LogP contribution in [0.1, 0.15) is 11.5 Å². The number of ether oxygens (including phenoxy) is 1. The van der Waals surface area contributed by atoms with E-state index >= 15 is 0 Å². The number of phenols is 1. The Morgan fingerprint density at radius 3 is 2.77 bits per heavy atom. The molecule has 0 bridgehead atoms. The summed E-state index contributed by atoms with van der Waals surface area (Å²) < 4.78 is 5.13. The Bertz CT molecular complexity index is 298. The fourth-order valence-corrected chi connectivity index (χ4v) is 1.62. The molecule has 0 saturated carbocycles. The van der Waals surface area contributed by atoms with Crippen LogP contribution in [0, 0.1) is 0 Å². The molecule has 1 heterocycles. The van der Waals surface area contributed by atoms with Crippen molar-refractivity contribution in [1.29, 1.82) is 0 Å². The molecule has 1 fully saturated rings. The molecule has 0 unspecified atom stereocenters. The largest absolute Gasteiger partial charge is 0.508 e. The topological polar surface area (TPSA) is 49.7 Å². The summed E-state index contributed by atoms with van der Waals surface area (Å²) in [7, 11) is 0. The Kier molecular flexibility index (Phi) is 2.20. The molecule has 1 saturated heterocycles. The zero-order valence-electron chi connectivity index (χ0n) is 7.18. The van der Waals surface area contributed by atoms with E-state index in [4.69, 9.17) is 4.74 Å². The van der Waals surface area contributed by atoms with E-state index in [0.717, 1.165) is 5.56 Å². The second kappa shape index (κ2) is 3.36. The molecule has 2 atom stereocenters. The maximum atomic E-state index is 9.53. The fraction of sp³-hybridized carbons (Fsp3) is 0.400. The van der Waals surface area contributed by atoms with Gasteiger partial charge in [0.15, 0.2) is 0 Å². The second-order valence-corrected chi connectivity index (χ2v) is 3.31. The first-order valence-corrected chi connectivity index (χ1v) is 4.32. The Hall–Kier alpha value is -1.06. The third-order valence-corrected chi connectivity index (χ3v) is 2.35. The molecule has 0 radical (unpaired) electrons. The van der Waals surface area contributed by atoms with Crippen LogP contribution >= 0.6 is 0 Å². The summed E-state index contributed by atoms with van der Waals surface area (Å²) >= 11 is 0. The van der Waals surface area contributed by atoms with E-state index in [2.05, 4.69) is 0 Å². The number of aromatic hydroxyl groups is 1. The molecule has 1 aliphatic rings. The minimum atomic E-state index is -0.443. The van der Waals surface area contributed by atoms with Crippen LogP contribution in [-0.4, -0.2) is 29.5 Å². The number of aliphatic hydroxyl groups excluding tert-OH is 1. The predicted octanol–water partition coefficient (Wildman–Crippen LogP) is 0.867. The molecule has 2 N–H and O–H groups in total. The number of phenolic OH excluding ortho intramolecular Hbond substituents is 1. The summed E-state index contributed by atoms with van der Waals surface area (Å²) in [6.45, 7) is 0.922. The minimum Gasteiger partial charge on any atom is -0.508 e. The number of hydrogen-bond acceptors (Lipinski definition) is 3. The molecule has 70 valence electrons. The quantitative estimate of drug-likeness (QED) is 0.674. The predicted molar refractivity (Wildman–Crippen MR) is 47.7 cm³/mol. The lowest BCUT2D eigenvalue weighted by Gasteiger charge is -2.12. The molecule has 13 heavy (non-hydrogen) atoms. The van der Waals surface area contributed by atoms with Crippen LogP contribution in [0.3, 0.4) is 0 Å². The lowest BCUT2D eigenvalue weighted by molar-refractivity contribution is 0.124. The first-order chi connectivity index (χ1) is 6.27. The molecular formula is C10H12O3. The standard InChI is InChI=1S/C10H12O3/c11-8-3-1-2-7(4-8)9-5-13-6-10(9)12/h1-4,9-12H,5-6H2/t9-,10+/m0/s1. The van der Waals surface area contributed by atoms with Gasteiger partial charge in [0.05, 0.1) is 19.3 Å². The number of benzene rings is 1. The van der Waals surface area contributed by atoms with Gasteiger partial charge in [-0.05, 0) is 17.7 Å². The highest BCUT2D eigenvalue weighted by Crippen LogP contribution is 2.27. The third-order valence-electron chi connectivity index (χ3n) is 2.35. The Balaban J connectivity index is 2.24. The molecule has 0 aliphatic carbocycles. The van der Waals surface area contributed by atoms with Gasteiger partial charge in [0.25, 0.3) is 0 Å². The van der Waals surface area contributed by atoms with Crippen LogP contribution in [0.4, 0.5) is 0 Å². The Labute approximate surface area is 76.6 Å². The van der Waals surface area contributed by atoms with E-state index < -0.39 is 6.10 Å². The number of hydrogen-bond donors (Lipinski definition) is 2. The van der Waals surface area contributed by atoms with Crippen LogP contribution in [0.5, 0.6) is 5.75 Å². The van der Waals surface area contributed by atoms with Crippen molar-refractivity contribution < 1.29 is 14.9 Å². The van der Waals surface area contributed by atoms with Crippen LogP contribution in [0.25, 0.3) is 0 Å². The van der Waals surface area contributed by atoms with Gasteiger partial charge >= 0.3 is 0 Å². The maximum absolute atomic E-state index is 9.53. The average molecular weight is 180 g/mol. The van der Waals surface area contributed by atoms with E-state index in [0.29, 0.717) is 13.2 Å². The van der Waals surface area contributed by atoms with Gasteiger partial charge in [-0.1, -0.05) is 12.1 Å². The van der Waals surface area contributed by atoms with Gasteiger partial charge in [-0.2, -0.15) is 0 Å². The average Bonchev–Trinajstić information content (AvgIpc) is 2.51. The number of rotatable bonds is 1. The normalized spacial score (nSPS) is 27.8. The smallest absolute Gasteiger partial charge is 0.115 e. The van der Waals surface area contributed by atoms with E-state index in [1.807, 2.05) is 6.07 Å². The summed E-state index contributed by atoms with van der Waals surface area (Å²) in [6, 6.07) is 6.95. The first kappa shape index (κ1) is 8.53. The first-order valence-electron chi connectivity index (χ1n) is 4.32. The van der Waals surface area contributed by atoms with E-state index in [-0.39, 0.29) is 11.7 Å². The van der Waals surface area contributed by atoms with E-state index in [9.17, 15) is 10.2 Å². The van der Waals surface area contributed by atoms with Gasteiger partial charge < -0.3 is 14.9 Å². The van der Waals surface area contributed by atoms with Crippen molar-refractivity contribution in [3.63, 3.8) is 0 Å². The Morgan fingerprint density at radius 1 is 1.31 bits per heavy atom. The van der Waals surface area contributed by atoms with Crippen molar-refractivity contribution in [3.8, 4) is 5.75 Å². The lowest BCUT2D eigenvalue weighted by atomic mass is 9.96. The zero-order chi connectivity index (χ0) is 9.26. The van der Waals surface area contributed by atoms with Crippen LogP contribution in [-0.2, 0) is 4.74 Å². The van der Waals surface area contributed by atoms with Crippen LogP contribution in [0.2, 0.25) is 0 Å². The molecule has 1 aromatic rings. The van der Waals surface area contributed by atoms with Crippen molar-refractivity contribution in [1.82, 2.24) is 0 Å². The molecule has 1 aromatic carbocycles. The van der Waals surface area contributed by atoms with Gasteiger partial charge in [0.1, 0.15) is 5.75 Å². The molecule has 1 aliphatic heterocycles. The number of aliphatic hydroxyl groups is 1. The zero-order valence-corrected chi connectivity index (χ0v) is 7.18.